The predicted molar refractivity (Wildman–Crippen MR) is 119 cm³/mol. The van der Waals surface area contributed by atoms with Crippen molar-refractivity contribution < 1.29 is 22.5 Å². The van der Waals surface area contributed by atoms with E-state index in [-0.39, 0.29) is 30.3 Å². The van der Waals surface area contributed by atoms with Crippen LogP contribution in [-0.4, -0.2) is 40.7 Å². The summed E-state index contributed by atoms with van der Waals surface area (Å²) >= 11 is 0. The molecule has 10 heteroatoms. The molecule has 0 saturated heterocycles. The molecule has 1 aromatic carbocycles. The summed E-state index contributed by atoms with van der Waals surface area (Å²) in [4.78, 5) is 8.51. The Bertz CT molecular complexity index is 1280. The molecule has 0 spiro atoms. The largest absolute Gasteiger partial charge is 0.493 e. The summed E-state index contributed by atoms with van der Waals surface area (Å²) in [6.07, 6.45) is 3.15. The second-order valence-electron chi connectivity index (χ2n) is 7.35. The number of pyridine rings is 2. The molecule has 1 aliphatic rings. The summed E-state index contributed by atoms with van der Waals surface area (Å²) in [5, 5.41) is 3.04. The number of nitrogens with zero attached hydrogens (tertiary/aromatic N) is 3. The number of hydrogen-bond acceptors (Lipinski definition) is 7. The highest BCUT2D eigenvalue weighted by atomic mass is 32.2. The van der Waals surface area contributed by atoms with Crippen LogP contribution in [0.25, 0.3) is 11.1 Å². The highest BCUT2D eigenvalue weighted by Crippen LogP contribution is 2.34. The molecular formula is C22H22F2N4O3S. The number of fused-ring (bicyclic) bond motifs is 6. The third kappa shape index (κ3) is 5.13. The highest BCUT2D eigenvalue weighted by molar-refractivity contribution is 7.92. The van der Waals surface area contributed by atoms with Gasteiger partial charge in [0.15, 0.2) is 0 Å². The Balaban J connectivity index is 1.79. The van der Waals surface area contributed by atoms with E-state index in [2.05, 4.69) is 19.6 Å². The van der Waals surface area contributed by atoms with Gasteiger partial charge in [-0.05, 0) is 29.8 Å². The van der Waals surface area contributed by atoms with Gasteiger partial charge in [0, 0.05) is 52.7 Å². The Morgan fingerprint density at radius 1 is 1.09 bits per heavy atom. The smallest absolute Gasteiger partial charge is 0.215 e. The van der Waals surface area contributed by atoms with Crippen LogP contribution in [0.2, 0.25) is 0 Å². The number of ether oxygens (including phenoxy) is 2. The number of aromatic nitrogens is 2. The first kappa shape index (κ1) is 21.9. The van der Waals surface area contributed by atoms with Gasteiger partial charge in [-0.1, -0.05) is 0 Å². The van der Waals surface area contributed by atoms with E-state index >= 15 is 0 Å². The lowest BCUT2D eigenvalue weighted by atomic mass is 10.0. The molecule has 2 aromatic heterocycles. The van der Waals surface area contributed by atoms with E-state index in [0.29, 0.717) is 29.5 Å². The van der Waals surface area contributed by atoms with Crippen molar-refractivity contribution >= 4 is 21.4 Å². The minimum absolute atomic E-state index is 0.212. The Labute approximate surface area is 185 Å². The Morgan fingerprint density at radius 3 is 2.72 bits per heavy atom. The van der Waals surface area contributed by atoms with Crippen LogP contribution >= 0.6 is 0 Å². The maximum atomic E-state index is 14.6. The number of benzene rings is 1. The van der Waals surface area contributed by atoms with Crippen molar-refractivity contribution in [3.05, 3.63) is 59.8 Å². The van der Waals surface area contributed by atoms with Gasteiger partial charge in [0.1, 0.15) is 29.0 Å². The van der Waals surface area contributed by atoms with Crippen LogP contribution < -0.4 is 14.8 Å². The predicted octanol–water partition coefficient (Wildman–Crippen LogP) is 4.55. The van der Waals surface area contributed by atoms with Crippen molar-refractivity contribution in [2.75, 3.05) is 31.8 Å². The fraction of sp³-hybridized carbons (Fsp3) is 0.273. The quantitative estimate of drug-likeness (QED) is 0.604. The normalized spacial score (nSPS) is 15.1. The minimum Gasteiger partial charge on any atom is -0.493 e. The summed E-state index contributed by atoms with van der Waals surface area (Å²) < 4.78 is 56.4. The van der Waals surface area contributed by atoms with Gasteiger partial charge in [-0.25, -0.2) is 22.3 Å². The Morgan fingerprint density at radius 2 is 1.91 bits per heavy atom. The van der Waals surface area contributed by atoms with E-state index in [4.69, 9.17) is 9.47 Å². The highest BCUT2D eigenvalue weighted by Gasteiger charge is 2.16. The zero-order chi connectivity index (χ0) is 22.7. The molecule has 32 heavy (non-hydrogen) atoms. The molecule has 4 bridgehead atoms. The molecule has 0 radical (unpaired) electrons. The zero-order valence-electron chi connectivity index (χ0n) is 17.6. The summed E-state index contributed by atoms with van der Waals surface area (Å²) in [5.74, 6) is 0.469. The van der Waals surface area contributed by atoms with Gasteiger partial charge in [-0.2, -0.15) is 4.98 Å². The van der Waals surface area contributed by atoms with Crippen molar-refractivity contribution in [2.24, 2.45) is 4.36 Å². The summed E-state index contributed by atoms with van der Waals surface area (Å²) in [5.41, 5.74) is 1.34. The van der Waals surface area contributed by atoms with E-state index < -0.39 is 21.4 Å². The first-order valence-electron chi connectivity index (χ1n) is 9.90. The fourth-order valence-electron chi connectivity index (χ4n) is 3.25. The first-order chi connectivity index (χ1) is 15.3. The van der Waals surface area contributed by atoms with E-state index in [0.717, 1.165) is 11.8 Å². The van der Waals surface area contributed by atoms with Crippen molar-refractivity contribution in [2.45, 2.75) is 12.2 Å². The van der Waals surface area contributed by atoms with Crippen LogP contribution in [0, 0.1) is 11.6 Å². The van der Waals surface area contributed by atoms with Crippen LogP contribution in [-0.2, 0) is 15.5 Å². The van der Waals surface area contributed by atoms with Crippen LogP contribution in [0.3, 0.4) is 0 Å². The van der Waals surface area contributed by atoms with Crippen LogP contribution in [0.4, 0.5) is 20.4 Å². The third-order valence-corrected chi connectivity index (χ3v) is 6.47. The number of halogens is 2. The third-order valence-electron chi connectivity index (χ3n) is 4.82. The van der Waals surface area contributed by atoms with E-state index in [9.17, 15) is 13.0 Å². The molecule has 0 aliphatic carbocycles. The average molecular weight is 461 g/mol. The van der Waals surface area contributed by atoms with Crippen LogP contribution in [0.15, 0.2) is 47.0 Å². The monoisotopic (exact) mass is 460 g/mol. The Kier molecular flexibility index (Phi) is 6.22. The van der Waals surface area contributed by atoms with Crippen molar-refractivity contribution in [3.63, 3.8) is 0 Å². The molecule has 168 valence electrons. The maximum absolute atomic E-state index is 14.6. The van der Waals surface area contributed by atoms with Crippen molar-refractivity contribution in [3.8, 4) is 22.8 Å². The molecule has 0 saturated carbocycles. The molecule has 1 atom stereocenters. The van der Waals surface area contributed by atoms with Crippen LogP contribution in [0.5, 0.6) is 11.6 Å². The number of rotatable bonds is 2. The number of hydrogen-bond donors (Lipinski definition) is 1. The van der Waals surface area contributed by atoms with E-state index in [1.807, 2.05) is 0 Å². The van der Waals surface area contributed by atoms with Gasteiger partial charge in [-0.15, -0.1) is 0 Å². The van der Waals surface area contributed by atoms with Gasteiger partial charge < -0.3 is 14.8 Å². The lowest BCUT2D eigenvalue weighted by molar-refractivity contribution is 0.242. The summed E-state index contributed by atoms with van der Waals surface area (Å²) in [6, 6.07) is 8.88. The second kappa shape index (κ2) is 9.07. The molecule has 4 rings (SSSR count). The molecule has 1 aliphatic heterocycles. The summed E-state index contributed by atoms with van der Waals surface area (Å²) in [7, 11) is -0.880. The molecular weight excluding hydrogens is 438 g/mol. The lowest BCUT2D eigenvalue weighted by Crippen LogP contribution is -2.09. The summed E-state index contributed by atoms with van der Waals surface area (Å²) in [6.45, 7) is 0.524. The Hall–Kier alpha value is -3.27. The zero-order valence-corrected chi connectivity index (χ0v) is 18.4. The second-order valence-corrected chi connectivity index (χ2v) is 9.92. The molecule has 1 N–H and O–H groups in total. The number of anilines is 2. The van der Waals surface area contributed by atoms with Crippen molar-refractivity contribution in [1.82, 2.24) is 9.97 Å². The molecule has 1 unspecified atom stereocenters. The first-order valence-corrected chi connectivity index (χ1v) is 12.0. The van der Waals surface area contributed by atoms with E-state index in [1.165, 1.54) is 31.3 Å². The number of nitrogens with one attached hydrogen (secondary N) is 1. The van der Waals surface area contributed by atoms with Gasteiger partial charge in [0.25, 0.3) is 0 Å². The molecule has 0 amide bonds. The van der Waals surface area contributed by atoms with Crippen LogP contribution in [0.1, 0.15) is 12.0 Å². The van der Waals surface area contributed by atoms with Gasteiger partial charge in [0.2, 0.25) is 5.88 Å². The standard InChI is InChI=1S/C22H22F2N4O3S/c1-25-32(2,29)13-14-8-21-27-20-11-17(18(24)12-26-20)16-5-4-15(23)10-19(16)30-6-3-7-31-22(9-14)28-21/h4-5,8-12H,3,6-7,13H2,1-2H3,(H,26,27,28). The van der Waals surface area contributed by atoms with Crippen molar-refractivity contribution in [1.29, 1.82) is 0 Å². The van der Waals surface area contributed by atoms with Gasteiger partial charge >= 0.3 is 0 Å². The fourth-order valence-corrected chi connectivity index (χ4v) is 4.17. The van der Waals surface area contributed by atoms with Gasteiger partial charge in [0.05, 0.1) is 25.2 Å². The lowest BCUT2D eigenvalue weighted by Gasteiger charge is -2.16. The molecule has 7 nitrogen and oxygen atoms in total. The minimum atomic E-state index is -2.40. The maximum Gasteiger partial charge on any atom is 0.215 e. The topological polar surface area (TPSA) is 85.7 Å². The van der Waals surface area contributed by atoms with Gasteiger partial charge in [-0.3, -0.25) is 0 Å². The average Bonchev–Trinajstić information content (AvgIpc) is 2.74. The molecule has 0 fully saturated rings. The molecule has 3 aromatic rings. The SMILES string of the molecule is CN=S(C)(=O)Cc1cc2nc(c1)OCCCOc1cc(F)ccc1-c1cc(ncc1F)N2. The molecule has 3 heterocycles. The van der Waals surface area contributed by atoms with E-state index in [1.54, 1.807) is 18.4 Å².